The number of aliphatic carboxylic acids is 1. The van der Waals surface area contributed by atoms with E-state index in [0.717, 1.165) is 0 Å². The number of hydrogen-bond donors (Lipinski definition) is 2. The first-order valence-electron chi connectivity index (χ1n) is 4.82. The average molecular weight is 322 g/mol. The van der Waals surface area contributed by atoms with Crippen LogP contribution < -0.4 is 5.32 Å². The van der Waals surface area contributed by atoms with E-state index in [1.54, 1.807) is 0 Å². The fourth-order valence-electron chi connectivity index (χ4n) is 1.18. The van der Waals surface area contributed by atoms with Gasteiger partial charge < -0.3 is 14.8 Å². The molecule has 1 aromatic heterocycles. The van der Waals surface area contributed by atoms with Crippen LogP contribution in [0.5, 0.6) is 0 Å². The SMILES string of the molecule is CSCC[C@H](NC(=O)c1ccoc1Br)C(=O)O. The lowest BCUT2D eigenvalue weighted by Gasteiger charge is -2.13. The molecule has 17 heavy (non-hydrogen) atoms. The maximum absolute atomic E-state index is 11.7. The molecule has 2 N–H and O–H groups in total. The minimum absolute atomic E-state index is 0.292. The molecule has 0 aliphatic heterocycles. The number of rotatable bonds is 6. The highest BCUT2D eigenvalue weighted by molar-refractivity contribution is 9.10. The quantitative estimate of drug-likeness (QED) is 0.837. The van der Waals surface area contributed by atoms with Crippen LogP contribution in [-0.2, 0) is 4.79 Å². The largest absolute Gasteiger partial charge is 0.480 e. The maximum atomic E-state index is 11.7. The number of nitrogens with one attached hydrogen (secondary N) is 1. The van der Waals surface area contributed by atoms with Crippen LogP contribution >= 0.6 is 27.7 Å². The number of furan rings is 1. The fourth-order valence-corrected chi connectivity index (χ4v) is 2.08. The van der Waals surface area contributed by atoms with Crippen LogP contribution in [0.4, 0.5) is 0 Å². The third kappa shape index (κ3) is 4.08. The number of amides is 1. The predicted octanol–water partition coefficient (Wildman–Crippen LogP) is 1.98. The summed E-state index contributed by atoms with van der Waals surface area (Å²) >= 11 is 4.60. The Balaban J connectivity index is 2.64. The second-order valence-corrected chi connectivity index (χ2v) is 4.96. The first kappa shape index (κ1) is 14.1. The molecule has 1 atom stereocenters. The summed E-state index contributed by atoms with van der Waals surface area (Å²) in [4.78, 5) is 22.7. The first-order chi connectivity index (χ1) is 8.06. The van der Waals surface area contributed by atoms with Gasteiger partial charge in [-0.25, -0.2) is 4.79 Å². The van der Waals surface area contributed by atoms with Crippen molar-refractivity contribution in [1.29, 1.82) is 0 Å². The molecule has 1 heterocycles. The highest BCUT2D eigenvalue weighted by Gasteiger charge is 2.22. The van der Waals surface area contributed by atoms with Crippen molar-refractivity contribution in [3.05, 3.63) is 22.6 Å². The van der Waals surface area contributed by atoms with Crippen molar-refractivity contribution >= 4 is 39.6 Å². The number of hydrogen-bond acceptors (Lipinski definition) is 4. The second kappa shape index (κ2) is 6.70. The molecular formula is C10H12BrNO4S. The van der Waals surface area contributed by atoms with E-state index in [9.17, 15) is 9.59 Å². The number of halogens is 1. The zero-order chi connectivity index (χ0) is 12.8. The molecule has 0 aliphatic carbocycles. The van der Waals surface area contributed by atoms with E-state index in [2.05, 4.69) is 21.2 Å². The van der Waals surface area contributed by atoms with Gasteiger partial charge in [0.2, 0.25) is 0 Å². The Morgan fingerprint density at radius 2 is 2.35 bits per heavy atom. The molecule has 0 radical (unpaired) electrons. The third-order valence-corrected chi connectivity index (χ3v) is 3.33. The second-order valence-electron chi connectivity index (χ2n) is 3.25. The van der Waals surface area contributed by atoms with Crippen molar-refractivity contribution in [3.8, 4) is 0 Å². The lowest BCUT2D eigenvalue weighted by atomic mass is 10.2. The van der Waals surface area contributed by atoms with E-state index in [4.69, 9.17) is 9.52 Å². The Morgan fingerprint density at radius 1 is 1.65 bits per heavy atom. The third-order valence-electron chi connectivity index (χ3n) is 2.08. The Labute approximate surface area is 111 Å². The van der Waals surface area contributed by atoms with Gasteiger partial charge in [-0.15, -0.1) is 0 Å². The molecule has 0 bridgehead atoms. The van der Waals surface area contributed by atoms with Crippen LogP contribution in [0.1, 0.15) is 16.8 Å². The Kier molecular flexibility index (Phi) is 5.57. The fraction of sp³-hybridized carbons (Fsp3) is 0.400. The van der Waals surface area contributed by atoms with Gasteiger partial charge in [0.25, 0.3) is 5.91 Å². The Morgan fingerprint density at radius 3 is 2.82 bits per heavy atom. The van der Waals surface area contributed by atoms with Crippen molar-refractivity contribution in [2.24, 2.45) is 0 Å². The molecule has 1 rings (SSSR count). The topological polar surface area (TPSA) is 79.5 Å². The van der Waals surface area contributed by atoms with Crippen molar-refractivity contribution in [2.75, 3.05) is 12.0 Å². The lowest BCUT2D eigenvalue weighted by Crippen LogP contribution is -2.41. The van der Waals surface area contributed by atoms with Gasteiger partial charge in [-0.2, -0.15) is 11.8 Å². The van der Waals surface area contributed by atoms with E-state index in [-0.39, 0.29) is 0 Å². The van der Waals surface area contributed by atoms with Gasteiger partial charge >= 0.3 is 5.97 Å². The van der Waals surface area contributed by atoms with Crippen LogP contribution in [0.15, 0.2) is 21.4 Å². The van der Waals surface area contributed by atoms with E-state index in [1.807, 2.05) is 6.26 Å². The number of carbonyl (C=O) groups excluding carboxylic acids is 1. The van der Waals surface area contributed by atoms with E-state index >= 15 is 0 Å². The van der Waals surface area contributed by atoms with E-state index in [1.165, 1.54) is 24.1 Å². The molecule has 0 saturated carbocycles. The van der Waals surface area contributed by atoms with Crippen LogP contribution in [0.3, 0.4) is 0 Å². The molecule has 5 nitrogen and oxygen atoms in total. The lowest BCUT2D eigenvalue weighted by molar-refractivity contribution is -0.139. The highest BCUT2D eigenvalue weighted by Crippen LogP contribution is 2.17. The monoisotopic (exact) mass is 321 g/mol. The number of carboxylic acids is 1. The molecule has 0 spiro atoms. The van der Waals surface area contributed by atoms with Crippen molar-refractivity contribution in [1.82, 2.24) is 5.32 Å². The number of thioether (sulfide) groups is 1. The standard InChI is InChI=1S/C10H12BrNO4S/c1-17-5-3-7(10(14)15)12-9(13)6-2-4-16-8(6)11/h2,4,7H,3,5H2,1H3,(H,12,13)(H,14,15)/t7-/m0/s1. The summed E-state index contributed by atoms with van der Waals surface area (Å²) < 4.78 is 5.21. The van der Waals surface area contributed by atoms with Crippen molar-refractivity contribution in [3.63, 3.8) is 0 Å². The van der Waals surface area contributed by atoms with Gasteiger partial charge in [-0.05, 0) is 40.4 Å². The van der Waals surface area contributed by atoms with Gasteiger partial charge in [0, 0.05) is 0 Å². The summed E-state index contributed by atoms with van der Waals surface area (Å²) in [7, 11) is 0. The first-order valence-corrected chi connectivity index (χ1v) is 7.00. The zero-order valence-corrected chi connectivity index (χ0v) is 11.5. The molecule has 7 heteroatoms. The molecule has 1 amide bonds. The van der Waals surface area contributed by atoms with Gasteiger partial charge in [-0.1, -0.05) is 0 Å². The molecule has 0 aromatic carbocycles. The minimum Gasteiger partial charge on any atom is -0.480 e. The summed E-state index contributed by atoms with van der Waals surface area (Å²) in [6.45, 7) is 0. The molecule has 1 aromatic rings. The van der Waals surface area contributed by atoms with Crippen LogP contribution in [0.2, 0.25) is 0 Å². The number of carbonyl (C=O) groups is 2. The molecular weight excluding hydrogens is 310 g/mol. The Bertz CT molecular complexity index is 407. The maximum Gasteiger partial charge on any atom is 0.326 e. The van der Waals surface area contributed by atoms with Crippen molar-refractivity contribution in [2.45, 2.75) is 12.5 Å². The van der Waals surface area contributed by atoms with Crippen LogP contribution in [0, 0.1) is 0 Å². The van der Waals surface area contributed by atoms with Crippen LogP contribution in [-0.4, -0.2) is 35.0 Å². The van der Waals surface area contributed by atoms with Gasteiger partial charge in [0.15, 0.2) is 4.67 Å². The molecule has 0 saturated heterocycles. The summed E-state index contributed by atoms with van der Waals surface area (Å²) in [6.07, 6.45) is 3.63. The molecule has 0 unspecified atom stereocenters. The molecule has 94 valence electrons. The summed E-state index contributed by atoms with van der Waals surface area (Å²) in [5.74, 6) is -0.824. The molecule has 0 fully saturated rings. The van der Waals surface area contributed by atoms with E-state index < -0.39 is 17.9 Å². The zero-order valence-electron chi connectivity index (χ0n) is 9.10. The summed E-state index contributed by atoms with van der Waals surface area (Å²) in [6, 6.07) is 0.601. The summed E-state index contributed by atoms with van der Waals surface area (Å²) in [5, 5.41) is 11.4. The normalized spacial score (nSPS) is 12.1. The van der Waals surface area contributed by atoms with Crippen molar-refractivity contribution < 1.29 is 19.1 Å². The highest BCUT2D eigenvalue weighted by atomic mass is 79.9. The van der Waals surface area contributed by atoms with Crippen LogP contribution in [0.25, 0.3) is 0 Å². The van der Waals surface area contributed by atoms with Gasteiger partial charge in [0.05, 0.1) is 11.8 Å². The predicted molar refractivity (Wildman–Crippen MR) is 68.3 cm³/mol. The van der Waals surface area contributed by atoms with E-state index in [0.29, 0.717) is 22.4 Å². The van der Waals surface area contributed by atoms with Gasteiger partial charge in [-0.3, -0.25) is 4.79 Å². The smallest absolute Gasteiger partial charge is 0.326 e. The Hall–Kier alpha value is -0.950. The molecule has 0 aliphatic rings. The number of carboxylic acid groups (broad SMARTS) is 1. The summed E-state index contributed by atoms with van der Waals surface area (Å²) in [5.41, 5.74) is 0.292. The minimum atomic E-state index is -1.04. The van der Waals surface area contributed by atoms with Gasteiger partial charge in [0.1, 0.15) is 6.04 Å². The average Bonchev–Trinajstić information content (AvgIpc) is 2.70.